The molecule has 1 saturated carbocycles. The molecule has 1 fully saturated rings. The van der Waals surface area contributed by atoms with Crippen molar-refractivity contribution in [1.29, 1.82) is 5.26 Å². The van der Waals surface area contributed by atoms with E-state index >= 15 is 0 Å². The number of nitriles is 1. The van der Waals surface area contributed by atoms with Crippen molar-refractivity contribution in [3.63, 3.8) is 0 Å². The summed E-state index contributed by atoms with van der Waals surface area (Å²) in [6.07, 6.45) is 2.89. The topological polar surface area (TPSA) is 47.3 Å². The van der Waals surface area contributed by atoms with Crippen LogP contribution in [-0.2, 0) is 0 Å². The number of nitrogens with zero attached hydrogens (tertiary/aromatic N) is 2. The van der Waals surface area contributed by atoms with Crippen LogP contribution in [0.4, 0.5) is 0 Å². The standard InChI is InChI=1S/C15H28N2O/c1-11(18)10-17(5)14-8-13(15(2,3)4)7-6-12(14)9-16/h11-14,18H,6-8,10H2,1-5H3. The van der Waals surface area contributed by atoms with Crippen molar-refractivity contribution in [2.24, 2.45) is 17.3 Å². The summed E-state index contributed by atoms with van der Waals surface area (Å²) in [5, 5.41) is 18.8. The van der Waals surface area contributed by atoms with Gasteiger partial charge in [-0.05, 0) is 44.6 Å². The smallest absolute Gasteiger partial charge is 0.0672 e. The molecule has 0 amide bonds. The maximum absolute atomic E-state index is 9.51. The summed E-state index contributed by atoms with van der Waals surface area (Å²) < 4.78 is 0. The van der Waals surface area contributed by atoms with Crippen LogP contribution in [0, 0.1) is 28.6 Å². The van der Waals surface area contributed by atoms with Gasteiger partial charge >= 0.3 is 0 Å². The van der Waals surface area contributed by atoms with E-state index in [0.29, 0.717) is 23.9 Å². The van der Waals surface area contributed by atoms with Gasteiger partial charge in [-0.1, -0.05) is 20.8 Å². The highest BCUT2D eigenvalue weighted by Gasteiger charge is 2.37. The van der Waals surface area contributed by atoms with Gasteiger partial charge in [0.05, 0.1) is 18.1 Å². The minimum Gasteiger partial charge on any atom is -0.392 e. The third kappa shape index (κ3) is 3.96. The Morgan fingerprint density at radius 1 is 1.39 bits per heavy atom. The second kappa shape index (κ2) is 6.04. The van der Waals surface area contributed by atoms with Crippen LogP contribution in [0.1, 0.15) is 47.0 Å². The Bertz CT molecular complexity index is 301. The highest BCUT2D eigenvalue weighted by atomic mass is 16.3. The van der Waals surface area contributed by atoms with E-state index in [1.807, 2.05) is 14.0 Å². The Morgan fingerprint density at radius 3 is 2.44 bits per heavy atom. The number of hydrogen-bond acceptors (Lipinski definition) is 3. The van der Waals surface area contributed by atoms with Gasteiger partial charge < -0.3 is 5.11 Å². The molecule has 0 aliphatic heterocycles. The van der Waals surface area contributed by atoms with Crippen molar-refractivity contribution >= 4 is 0 Å². The summed E-state index contributed by atoms with van der Waals surface area (Å²) in [6, 6.07) is 2.75. The molecule has 0 bridgehead atoms. The number of hydrogen-bond donors (Lipinski definition) is 1. The van der Waals surface area contributed by atoms with Gasteiger partial charge in [0.1, 0.15) is 0 Å². The Labute approximate surface area is 112 Å². The molecule has 0 heterocycles. The minimum absolute atomic E-state index is 0.118. The molecule has 1 aliphatic rings. The van der Waals surface area contributed by atoms with Crippen LogP contribution < -0.4 is 0 Å². The number of aliphatic hydroxyl groups excluding tert-OH is 1. The molecular formula is C15H28N2O. The largest absolute Gasteiger partial charge is 0.392 e. The van der Waals surface area contributed by atoms with Gasteiger partial charge in [0.15, 0.2) is 0 Å². The monoisotopic (exact) mass is 252 g/mol. The van der Waals surface area contributed by atoms with Crippen LogP contribution in [0.25, 0.3) is 0 Å². The second-order valence-electron chi connectivity index (χ2n) is 6.97. The Hall–Kier alpha value is -0.590. The SMILES string of the molecule is CC(O)CN(C)C1CC(C(C)(C)C)CCC1C#N. The van der Waals surface area contributed by atoms with Crippen LogP contribution >= 0.6 is 0 Å². The summed E-state index contributed by atoms with van der Waals surface area (Å²) in [5.41, 5.74) is 0.310. The van der Waals surface area contributed by atoms with E-state index in [0.717, 1.165) is 19.3 Å². The quantitative estimate of drug-likeness (QED) is 0.840. The number of aliphatic hydroxyl groups is 1. The van der Waals surface area contributed by atoms with Crippen molar-refractivity contribution < 1.29 is 5.11 Å². The third-order valence-corrected chi connectivity index (χ3v) is 4.33. The lowest BCUT2D eigenvalue weighted by Gasteiger charge is -2.43. The van der Waals surface area contributed by atoms with Gasteiger partial charge in [-0.25, -0.2) is 0 Å². The first-order valence-corrected chi connectivity index (χ1v) is 7.03. The molecule has 0 aromatic carbocycles. The fraction of sp³-hybridized carbons (Fsp3) is 0.933. The minimum atomic E-state index is -0.329. The van der Waals surface area contributed by atoms with Crippen molar-refractivity contribution in [2.75, 3.05) is 13.6 Å². The molecule has 3 heteroatoms. The lowest BCUT2D eigenvalue weighted by atomic mass is 9.68. The zero-order chi connectivity index (χ0) is 13.9. The highest BCUT2D eigenvalue weighted by Crippen LogP contribution is 2.41. The van der Waals surface area contributed by atoms with E-state index < -0.39 is 0 Å². The fourth-order valence-corrected chi connectivity index (χ4v) is 3.12. The molecular weight excluding hydrogens is 224 g/mol. The van der Waals surface area contributed by atoms with E-state index in [9.17, 15) is 10.4 Å². The predicted octanol–water partition coefficient (Wildman–Crippen LogP) is 2.65. The highest BCUT2D eigenvalue weighted by molar-refractivity contribution is 4.99. The van der Waals surface area contributed by atoms with Crippen molar-refractivity contribution in [3.8, 4) is 6.07 Å². The van der Waals surface area contributed by atoms with E-state index in [4.69, 9.17) is 0 Å². The molecule has 0 saturated heterocycles. The third-order valence-electron chi connectivity index (χ3n) is 4.33. The number of rotatable bonds is 3. The van der Waals surface area contributed by atoms with Crippen LogP contribution in [-0.4, -0.2) is 35.7 Å². The Kier molecular flexibility index (Phi) is 5.19. The van der Waals surface area contributed by atoms with Crippen LogP contribution in [0.5, 0.6) is 0 Å². The molecule has 1 rings (SSSR count). The average molecular weight is 252 g/mol. The first kappa shape index (κ1) is 15.5. The van der Waals surface area contributed by atoms with Crippen LogP contribution in [0.15, 0.2) is 0 Å². The van der Waals surface area contributed by atoms with E-state index in [1.54, 1.807) is 0 Å². The van der Waals surface area contributed by atoms with Crippen LogP contribution in [0.3, 0.4) is 0 Å². The van der Waals surface area contributed by atoms with Crippen molar-refractivity contribution in [2.45, 2.75) is 59.1 Å². The van der Waals surface area contributed by atoms with Gasteiger partial charge in [-0.2, -0.15) is 5.26 Å². The molecule has 0 radical (unpaired) electrons. The van der Waals surface area contributed by atoms with Gasteiger partial charge in [0.2, 0.25) is 0 Å². The Balaban J connectivity index is 2.74. The van der Waals surface area contributed by atoms with E-state index in [-0.39, 0.29) is 12.0 Å². The van der Waals surface area contributed by atoms with Crippen molar-refractivity contribution in [3.05, 3.63) is 0 Å². The first-order chi connectivity index (χ1) is 8.25. The maximum Gasteiger partial charge on any atom is 0.0672 e. The van der Waals surface area contributed by atoms with E-state index in [2.05, 4.69) is 31.7 Å². The molecule has 1 N–H and O–H groups in total. The summed E-state index contributed by atoms with van der Waals surface area (Å²) in [7, 11) is 2.03. The lowest BCUT2D eigenvalue weighted by molar-refractivity contribution is 0.0481. The zero-order valence-corrected chi connectivity index (χ0v) is 12.5. The van der Waals surface area contributed by atoms with Crippen LogP contribution in [0.2, 0.25) is 0 Å². The first-order valence-electron chi connectivity index (χ1n) is 7.03. The molecule has 104 valence electrons. The molecule has 18 heavy (non-hydrogen) atoms. The zero-order valence-electron chi connectivity index (χ0n) is 12.5. The molecule has 0 aromatic heterocycles. The molecule has 0 aromatic rings. The van der Waals surface area contributed by atoms with Gasteiger partial charge in [-0.3, -0.25) is 4.90 Å². The molecule has 4 atom stereocenters. The molecule has 3 nitrogen and oxygen atoms in total. The lowest BCUT2D eigenvalue weighted by Crippen LogP contribution is -2.46. The fourth-order valence-electron chi connectivity index (χ4n) is 3.12. The average Bonchev–Trinajstić information content (AvgIpc) is 2.26. The van der Waals surface area contributed by atoms with Gasteiger partial charge in [0.25, 0.3) is 0 Å². The molecule has 0 spiro atoms. The van der Waals surface area contributed by atoms with E-state index in [1.165, 1.54) is 0 Å². The summed E-state index contributed by atoms with van der Waals surface area (Å²) in [5.74, 6) is 0.788. The molecule has 1 aliphatic carbocycles. The Morgan fingerprint density at radius 2 is 2.00 bits per heavy atom. The number of likely N-dealkylation sites (N-methyl/N-ethyl adjacent to an activating group) is 1. The summed E-state index contributed by atoms with van der Waals surface area (Å²) in [4.78, 5) is 2.18. The normalized spacial score (nSPS) is 31.1. The van der Waals surface area contributed by atoms with Gasteiger partial charge in [0, 0.05) is 12.6 Å². The maximum atomic E-state index is 9.51. The second-order valence-corrected chi connectivity index (χ2v) is 6.97. The van der Waals surface area contributed by atoms with Gasteiger partial charge in [-0.15, -0.1) is 0 Å². The summed E-state index contributed by atoms with van der Waals surface area (Å²) >= 11 is 0. The molecule has 4 unspecified atom stereocenters. The van der Waals surface area contributed by atoms with Crippen molar-refractivity contribution in [1.82, 2.24) is 4.90 Å². The summed E-state index contributed by atoms with van der Waals surface area (Å²) in [6.45, 7) is 9.32. The predicted molar refractivity (Wildman–Crippen MR) is 74.0 cm³/mol.